The van der Waals surface area contributed by atoms with Gasteiger partial charge in [-0.3, -0.25) is 10.2 Å². The van der Waals surface area contributed by atoms with E-state index in [0.29, 0.717) is 42.1 Å². The number of β-amino-alcohol motifs (C(OH)–C–C–N with tert-alkyl or cyclic N) is 1. The molecule has 6 nitrogen and oxygen atoms in total. The Morgan fingerprint density at radius 3 is 2.57 bits per heavy atom. The first-order valence-corrected chi connectivity index (χ1v) is 7.30. The molecule has 1 aliphatic heterocycles. The van der Waals surface area contributed by atoms with Crippen LogP contribution in [0.15, 0.2) is 42.5 Å². The predicted molar refractivity (Wildman–Crippen MR) is 91.1 cm³/mol. The number of aliphatic hydroxyl groups excluding tert-OH is 1. The molecule has 5 N–H and O–H groups in total. The number of amides is 1. The molecule has 0 aliphatic carbocycles. The summed E-state index contributed by atoms with van der Waals surface area (Å²) in [5.74, 6) is 0. The Labute approximate surface area is 134 Å². The highest BCUT2D eigenvalue weighted by atomic mass is 16.3. The third-order valence-electron chi connectivity index (χ3n) is 3.93. The van der Waals surface area contributed by atoms with Crippen LogP contribution < -0.4 is 16.0 Å². The Morgan fingerprint density at radius 1 is 1.26 bits per heavy atom. The third-order valence-corrected chi connectivity index (χ3v) is 3.93. The van der Waals surface area contributed by atoms with Crippen molar-refractivity contribution in [3.8, 4) is 0 Å². The summed E-state index contributed by atoms with van der Waals surface area (Å²) in [4.78, 5) is 12.6. The first kappa shape index (κ1) is 15.1. The van der Waals surface area contributed by atoms with Gasteiger partial charge >= 0.3 is 0 Å². The van der Waals surface area contributed by atoms with E-state index in [1.807, 2.05) is 24.3 Å². The van der Waals surface area contributed by atoms with Crippen LogP contribution in [-0.4, -0.2) is 36.4 Å². The number of nitrogens with one attached hydrogen (secondary N) is 2. The minimum absolute atomic E-state index is 0.249. The highest BCUT2D eigenvalue weighted by Crippen LogP contribution is 2.24. The number of benzene rings is 2. The van der Waals surface area contributed by atoms with Gasteiger partial charge in [-0.1, -0.05) is 12.1 Å². The van der Waals surface area contributed by atoms with E-state index < -0.39 is 0 Å². The minimum atomic E-state index is -0.249. The fraction of sp³-hybridized carbons (Fsp3) is 0.176. The number of aliphatic hydroxyl groups is 1. The van der Waals surface area contributed by atoms with Crippen LogP contribution >= 0.6 is 0 Å². The number of hydrogen-bond acceptors (Lipinski definition) is 5. The molecule has 2 aromatic rings. The maximum Gasteiger partial charge on any atom is 0.211 e. The smallest absolute Gasteiger partial charge is 0.211 e. The number of nitrogen functional groups attached to an aromatic ring is 1. The normalized spacial score (nSPS) is 14.2. The lowest BCUT2D eigenvalue weighted by Gasteiger charge is -2.37. The number of nitrogens with zero attached hydrogens (tertiary/aromatic N) is 1. The van der Waals surface area contributed by atoms with Crippen LogP contribution in [0.25, 0.3) is 0 Å². The molecule has 1 amide bonds. The summed E-state index contributed by atoms with van der Waals surface area (Å²) in [5.41, 5.74) is 9.68. The van der Waals surface area contributed by atoms with Crippen LogP contribution in [0.5, 0.6) is 0 Å². The summed E-state index contributed by atoms with van der Waals surface area (Å²) in [6.07, 6.45) is 0.343. The van der Waals surface area contributed by atoms with Crippen molar-refractivity contribution >= 4 is 29.2 Å². The molecule has 118 valence electrons. The highest BCUT2D eigenvalue weighted by molar-refractivity contribution is 6.14. The molecule has 2 aromatic carbocycles. The van der Waals surface area contributed by atoms with Crippen molar-refractivity contribution in [3.05, 3.63) is 53.6 Å². The molecule has 0 atom stereocenters. The van der Waals surface area contributed by atoms with E-state index in [9.17, 15) is 9.90 Å². The van der Waals surface area contributed by atoms with E-state index in [-0.39, 0.29) is 6.10 Å². The summed E-state index contributed by atoms with van der Waals surface area (Å²) < 4.78 is 0. The summed E-state index contributed by atoms with van der Waals surface area (Å²) in [7, 11) is 0. The Morgan fingerprint density at radius 2 is 1.96 bits per heavy atom. The Hall–Kier alpha value is -2.86. The molecule has 1 fully saturated rings. The van der Waals surface area contributed by atoms with Crippen molar-refractivity contribution in [2.24, 2.45) is 0 Å². The van der Waals surface area contributed by atoms with Gasteiger partial charge in [0, 0.05) is 41.3 Å². The number of nitrogens with two attached hydrogens (primary N) is 1. The third kappa shape index (κ3) is 3.02. The number of hydrogen-bond donors (Lipinski definition) is 4. The van der Waals surface area contributed by atoms with Crippen molar-refractivity contribution in [2.75, 3.05) is 29.0 Å². The molecule has 0 radical (unpaired) electrons. The van der Waals surface area contributed by atoms with Gasteiger partial charge < -0.3 is 21.1 Å². The molecule has 0 spiro atoms. The predicted octanol–water partition coefficient (Wildman–Crippen LogP) is 1.43. The van der Waals surface area contributed by atoms with Crippen molar-refractivity contribution < 1.29 is 9.90 Å². The van der Waals surface area contributed by atoms with Crippen LogP contribution in [0, 0.1) is 5.41 Å². The molecule has 1 saturated heterocycles. The van der Waals surface area contributed by atoms with Crippen molar-refractivity contribution in [3.63, 3.8) is 0 Å². The van der Waals surface area contributed by atoms with Gasteiger partial charge in [0.2, 0.25) is 6.41 Å². The van der Waals surface area contributed by atoms with Crippen molar-refractivity contribution in [1.82, 2.24) is 0 Å². The molecule has 0 unspecified atom stereocenters. The maximum absolute atomic E-state index is 10.6. The number of carbonyl (C=O) groups excluding carboxylic acids is 1. The lowest BCUT2D eigenvalue weighted by molar-refractivity contribution is -0.105. The first-order valence-electron chi connectivity index (χ1n) is 7.30. The topological polar surface area (TPSA) is 102 Å². The lowest BCUT2D eigenvalue weighted by atomic mass is 9.99. The van der Waals surface area contributed by atoms with E-state index in [4.69, 9.17) is 11.1 Å². The Kier molecular flexibility index (Phi) is 3.99. The summed E-state index contributed by atoms with van der Waals surface area (Å²) in [6, 6.07) is 12.6. The molecule has 1 aliphatic rings. The quantitative estimate of drug-likeness (QED) is 0.381. The molecule has 3 rings (SSSR count). The van der Waals surface area contributed by atoms with Crippen LogP contribution in [0.2, 0.25) is 0 Å². The molecule has 0 aromatic heterocycles. The van der Waals surface area contributed by atoms with Gasteiger partial charge in [0.25, 0.3) is 0 Å². The fourth-order valence-corrected chi connectivity index (χ4v) is 2.59. The van der Waals surface area contributed by atoms with Gasteiger partial charge in [0.1, 0.15) is 0 Å². The molecule has 1 heterocycles. The van der Waals surface area contributed by atoms with Gasteiger partial charge in [0.15, 0.2) is 0 Å². The highest BCUT2D eigenvalue weighted by Gasteiger charge is 2.24. The second-order valence-electron chi connectivity index (χ2n) is 5.54. The van der Waals surface area contributed by atoms with Crippen LogP contribution in [0.3, 0.4) is 0 Å². The molecular weight excluding hydrogens is 292 g/mol. The van der Waals surface area contributed by atoms with E-state index in [0.717, 1.165) is 11.3 Å². The van der Waals surface area contributed by atoms with Crippen LogP contribution in [0.1, 0.15) is 11.1 Å². The monoisotopic (exact) mass is 310 g/mol. The largest absolute Gasteiger partial charge is 0.398 e. The first-order chi connectivity index (χ1) is 11.1. The minimum Gasteiger partial charge on any atom is -0.398 e. The molecule has 0 saturated carbocycles. The summed E-state index contributed by atoms with van der Waals surface area (Å²) in [6.45, 7) is 1.28. The number of rotatable bonds is 5. The fourth-order valence-electron chi connectivity index (χ4n) is 2.59. The van der Waals surface area contributed by atoms with Gasteiger partial charge in [-0.15, -0.1) is 0 Å². The average Bonchev–Trinajstić information content (AvgIpc) is 2.53. The lowest BCUT2D eigenvalue weighted by Crippen LogP contribution is -2.50. The maximum atomic E-state index is 10.6. The van der Waals surface area contributed by atoms with Crippen LogP contribution in [-0.2, 0) is 4.79 Å². The Bertz CT molecular complexity index is 737. The second-order valence-corrected chi connectivity index (χ2v) is 5.54. The Balaban J connectivity index is 1.82. The zero-order valence-corrected chi connectivity index (χ0v) is 12.5. The standard InChI is InChI=1S/C17H18N4O2/c18-16-6-3-12(20-10-22)7-15(16)17(19)11-1-4-13(5-2-11)21-8-14(23)9-21/h1-7,10,14,19,23H,8-9,18H2,(H,20,22). The van der Waals surface area contributed by atoms with E-state index in [1.54, 1.807) is 18.2 Å². The number of carbonyl (C=O) groups is 1. The average molecular weight is 310 g/mol. The van der Waals surface area contributed by atoms with Gasteiger partial charge in [-0.2, -0.15) is 0 Å². The van der Waals surface area contributed by atoms with Crippen molar-refractivity contribution in [2.45, 2.75) is 6.10 Å². The second kappa shape index (κ2) is 6.10. The van der Waals surface area contributed by atoms with Crippen molar-refractivity contribution in [1.29, 1.82) is 5.41 Å². The van der Waals surface area contributed by atoms with Gasteiger partial charge in [-0.25, -0.2) is 0 Å². The molecule has 23 heavy (non-hydrogen) atoms. The zero-order valence-electron chi connectivity index (χ0n) is 12.5. The SMILES string of the molecule is N=C(c1ccc(N2CC(O)C2)cc1)c1cc(NC=O)ccc1N. The van der Waals surface area contributed by atoms with E-state index >= 15 is 0 Å². The number of anilines is 3. The summed E-state index contributed by atoms with van der Waals surface area (Å²) >= 11 is 0. The zero-order chi connectivity index (χ0) is 16.4. The van der Waals surface area contributed by atoms with E-state index in [1.165, 1.54) is 0 Å². The van der Waals surface area contributed by atoms with Gasteiger partial charge in [0.05, 0.1) is 11.8 Å². The van der Waals surface area contributed by atoms with E-state index in [2.05, 4.69) is 10.2 Å². The molecule has 6 heteroatoms. The van der Waals surface area contributed by atoms with Gasteiger partial charge in [-0.05, 0) is 30.3 Å². The summed E-state index contributed by atoms with van der Waals surface area (Å²) in [5, 5.41) is 20.3. The van der Waals surface area contributed by atoms with Crippen LogP contribution in [0.4, 0.5) is 17.1 Å². The molecule has 0 bridgehead atoms. The molecular formula is C17H18N4O2.